The zero-order valence-electron chi connectivity index (χ0n) is 10.4. The van der Waals surface area contributed by atoms with Crippen molar-refractivity contribution in [2.45, 2.75) is 44.7 Å². The van der Waals surface area contributed by atoms with Crippen LogP contribution in [-0.2, 0) is 0 Å². The summed E-state index contributed by atoms with van der Waals surface area (Å²) in [6.45, 7) is 1.93. The molecule has 1 heterocycles. The third-order valence-electron chi connectivity index (χ3n) is 3.22. The second-order valence-electron chi connectivity index (χ2n) is 4.64. The third kappa shape index (κ3) is 3.06. The van der Waals surface area contributed by atoms with E-state index in [0.717, 1.165) is 31.2 Å². The summed E-state index contributed by atoms with van der Waals surface area (Å²) < 4.78 is 5.18. The molecule has 1 fully saturated rings. The Labute approximate surface area is 102 Å². The first-order valence-electron chi connectivity index (χ1n) is 6.09. The van der Waals surface area contributed by atoms with Crippen molar-refractivity contribution in [3.05, 3.63) is 11.8 Å². The molecule has 1 aromatic rings. The SMILES string of the molecule is COc1nc(N[C@H]2CC[C@@H](N)CC2)ncc1C. The lowest BCUT2D eigenvalue weighted by molar-refractivity contribution is 0.391. The molecule has 0 amide bonds. The lowest BCUT2D eigenvalue weighted by atomic mass is 9.92. The number of ether oxygens (including phenoxy) is 1. The van der Waals surface area contributed by atoms with Crippen molar-refractivity contribution in [1.82, 2.24) is 9.97 Å². The molecule has 1 saturated carbocycles. The molecule has 5 nitrogen and oxygen atoms in total. The van der Waals surface area contributed by atoms with Crippen molar-refractivity contribution in [3.8, 4) is 5.88 Å². The van der Waals surface area contributed by atoms with E-state index in [-0.39, 0.29) is 0 Å². The number of nitrogens with one attached hydrogen (secondary N) is 1. The van der Waals surface area contributed by atoms with Crippen molar-refractivity contribution in [2.75, 3.05) is 12.4 Å². The van der Waals surface area contributed by atoms with E-state index in [1.54, 1.807) is 13.3 Å². The maximum Gasteiger partial charge on any atom is 0.226 e. The zero-order chi connectivity index (χ0) is 12.3. The molecule has 0 atom stereocenters. The highest BCUT2D eigenvalue weighted by Crippen LogP contribution is 2.21. The highest BCUT2D eigenvalue weighted by molar-refractivity contribution is 5.33. The average Bonchev–Trinajstić information content (AvgIpc) is 2.34. The van der Waals surface area contributed by atoms with Crippen LogP contribution in [0.4, 0.5) is 5.95 Å². The van der Waals surface area contributed by atoms with Gasteiger partial charge in [0, 0.05) is 23.8 Å². The molecule has 1 aliphatic carbocycles. The van der Waals surface area contributed by atoms with Crippen LogP contribution >= 0.6 is 0 Å². The Kier molecular flexibility index (Phi) is 3.78. The second-order valence-corrected chi connectivity index (χ2v) is 4.64. The fourth-order valence-electron chi connectivity index (χ4n) is 2.15. The summed E-state index contributed by atoms with van der Waals surface area (Å²) in [4.78, 5) is 8.59. The van der Waals surface area contributed by atoms with Gasteiger partial charge in [-0.1, -0.05) is 0 Å². The first-order chi connectivity index (χ1) is 8.19. The number of nitrogens with zero attached hydrogens (tertiary/aromatic N) is 2. The number of rotatable bonds is 3. The van der Waals surface area contributed by atoms with Gasteiger partial charge in [-0.15, -0.1) is 0 Å². The van der Waals surface area contributed by atoms with E-state index in [9.17, 15) is 0 Å². The summed E-state index contributed by atoms with van der Waals surface area (Å²) >= 11 is 0. The highest BCUT2D eigenvalue weighted by Gasteiger charge is 2.19. The summed E-state index contributed by atoms with van der Waals surface area (Å²) in [5, 5.41) is 3.35. The molecule has 3 N–H and O–H groups in total. The summed E-state index contributed by atoms with van der Waals surface area (Å²) in [5.41, 5.74) is 6.82. The minimum atomic E-state index is 0.363. The summed E-state index contributed by atoms with van der Waals surface area (Å²) in [7, 11) is 1.62. The molecule has 0 aliphatic heterocycles. The van der Waals surface area contributed by atoms with Gasteiger partial charge < -0.3 is 15.8 Å². The number of hydrogen-bond acceptors (Lipinski definition) is 5. The molecule has 1 aliphatic rings. The minimum absolute atomic E-state index is 0.363. The van der Waals surface area contributed by atoms with Crippen molar-refractivity contribution < 1.29 is 4.74 Å². The fourth-order valence-corrected chi connectivity index (χ4v) is 2.15. The minimum Gasteiger partial charge on any atom is -0.481 e. The smallest absolute Gasteiger partial charge is 0.226 e. The first-order valence-corrected chi connectivity index (χ1v) is 6.09. The molecule has 94 valence electrons. The highest BCUT2D eigenvalue weighted by atomic mass is 16.5. The lowest BCUT2D eigenvalue weighted by Gasteiger charge is -2.26. The van der Waals surface area contributed by atoms with Gasteiger partial charge in [0.2, 0.25) is 11.8 Å². The third-order valence-corrected chi connectivity index (χ3v) is 3.22. The van der Waals surface area contributed by atoms with Crippen molar-refractivity contribution >= 4 is 5.95 Å². The predicted octanol–water partition coefficient (Wildman–Crippen LogP) is 1.48. The van der Waals surface area contributed by atoms with E-state index >= 15 is 0 Å². The molecule has 0 spiro atoms. The molecule has 5 heteroatoms. The Morgan fingerprint density at radius 2 is 2.06 bits per heavy atom. The largest absolute Gasteiger partial charge is 0.481 e. The molecular weight excluding hydrogens is 216 g/mol. The van der Waals surface area contributed by atoms with E-state index in [1.807, 2.05) is 6.92 Å². The van der Waals surface area contributed by atoms with Crippen molar-refractivity contribution in [3.63, 3.8) is 0 Å². The van der Waals surface area contributed by atoms with Gasteiger partial charge >= 0.3 is 0 Å². The predicted molar refractivity (Wildman–Crippen MR) is 67.2 cm³/mol. The van der Waals surface area contributed by atoms with Crippen LogP contribution in [0.3, 0.4) is 0 Å². The van der Waals surface area contributed by atoms with Gasteiger partial charge in [0.05, 0.1) is 7.11 Å². The Bertz CT molecular complexity index is 375. The van der Waals surface area contributed by atoms with Gasteiger partial charge in [-0.3, -0.25) is 0 Å². The number of hydrogen-bond donors (Lipinski definition) is 2. The quantitative estimate of drug-likeness (QED) is 0.831. The van der Waals surface area contributed by atoms with Crippen molar-refractivity contribution in [1.29, 1.82) is 0 Å². The Morgan fingerprint density at radius 1 is 1.35 bits per heavy atom. The molecule has 1 aromatic heterocycles. The first kappa shape index (κ1) is 12.1. The standard InChI is InChI=1S/C12H20N4O/c1-8-7-14-12(16-11(8)17-2)15-10-5-3-9(13)4-6-10/h7,9-10H,3-6,13H2,1-2H3,(H,14,15,16)/t9-,10+. The lowest BCUT2D eigenvalue weighted by Crippen LogP contribution is -2.33. The monoisotopic (exact) mass is 236 g/mol. The Morgan fingerprint density at radius 3 is 2.71 bits per heavy atom. The van der Waals surface area contributed by atoms with Crippen molar-refractivity contribution in [2.24, 2.45) is 5.73 Å². The zero-order valence-corrected chi connectivity index (χ0v) is 10.4. The van der Waals surface area contributed by atoms with Crippen LogP contribution in [-0.4, -0.2) is 29.2 Å². The van der Waals surface area contributed by atoms with Crippen LogP contribution in [0.25, 0.3) is 0 Å². The second kappa shape index (κ2) is 5.31. The molecule has 0 aromatic carbocycles. The van der Waals surface area contributed by atoms with Crippen LogP contribution in [0.2, 0.25) is 0 Å². The van der Waals surface area contributed by atoms with Gasteiger partial charge in [0.1, 0.15) is 0 Å². The molecule has 0 saturated heterocycles. The maximum absolute atomic E-state index is 5.88. The average molecular weight is 236 g/mol. The van der Waals surface area contributed by atoms with Gasteiger partial charge in [-0.2, -0.15) is 4.98 Å². The number of anilines is 1. The van der Waals surface area contributed by atoms with Gasteiger partial charge in [-0.05, 0) is 32.6 Å². The summed E-state index contributed by atoms with van der Waals surface area (Å²) in [6, 6.07) is 0.795. The summed E-state index contributed by atoms with van der Waals surface area (Å²) in [5.74, 6) is 1.28. The van der Waals surface area contributed by atoms with E-state index in [4.69, 9.17) is 10.5 Å². The van der Waals surface area contributed by atoms with Gasteiger partial charge in [-0.25, -0.2) is 4.98 Å². The molecule has 0 radical (unpaired) electrons. The number of nitrogens with two attached hydrogens (primary N) is 1. The van der Waals surface area contributed by atoms with Gasteiger partial charge in [0.25, 0.3) is 0 Å². The molecule has 17 heavy (non-hydrogen) atoms. The molecule has 0 unspecified atom stereocenters. The van der Waals surface area contributed by atoms with E-state index in [0.29, 0.717) is 23.9 Å². The number of aromatic nitrogens is 2. The number of methoxy groups -OCH3 is 1. The fraction of sp³-hybridized carbons (Fsp3) is 0.667. The molecule has 0 bridgehead atoms. The van der Waals surface area contributed by atoms with E-state index in [2.05, 4.69) is 15.3 Å². The molecule has 2 rings (SSSR count). The van der Waals surface area contributed by atoms with Crippen LogP contribution in [0.1, 0.15) is 31.2 Å². The summed E-state index contributed by atoms with van der Waals surface area (Å²) in [6.07, 6.45) is 6.09. The van der Waals surface area contributed by atoms with E-state index < -0.39 is 0 Å². The Hall–Kier alpha value is -1.36. The maximum atomic E-state index is 5.88. The topological polar surface area (TPSA) is 73.1 Å². The van der Waals surface area contributed by atoms with Crippen LogP contribution in [0.15, 0.2) is 6.20 Å². The Balaban J connectivity index is 1.99. The van der Waals surface area contributed by atoms with Crippen LogP contribution in [0, 0.1) is 6.92 Å². The van der Waals surface area contributed by atoms with Gasteiger partial charge in [0.15, 0.2) is 0 Å². The molecular formula is C12H20N4O. The van der Waals surface area contributed by atoms with Crippen LogP contribution in [0.5, 0.6) is 5.88 Å². The van der Waals surface area contributed by atoms with Crippen LogP contribution < -0.4 is 15.8 Å². The normalized spacial score (nSPS) is 24.4. The number of aryl methyl sites for hydroxylation is 1. The van der Waals surface area contributed by atoms with E-state index in [1.165, 1.54) is 0 Å².